The molecular formula is C7H10F2N4. The van der Waals surface area contributed by atoms with Gasteiger partial charge in [-0.2, -0.15) is 0 Å². The van der Waals surface area contributed by atoms with Crippen molar-refractivity contribution in [1.82, 2.24) is 9.97 Å². The first-order valence-electron chi connectivity index (χ1n) is 3.66. The molecule has 4 nitrogen and oxygen atoms in total. The Morgan fingerprint density at radius 3 is 2.62 bits per heavy atom. The van der Waals surface area contributed by atoms with E-state index in [2.05, 4.69) is 9.97 Å². The summed E-state index contributed by atoms with van der Waals surface area (Å²) in [6, 6.07) is 0. The lowest BCUT2D eigenvalue weighted by molar-refractivity contribution is 0.156. The molecule has 13 heavy (non-hydrogen) atoms. The quantitative estimate of drug-likeness (QED) is 0.760. The molecule has 1 heterocycles. The first kappa shape index (κ1) is 9.63. The van der Waals surface area contributed by atoms with Gasteiger partial charge < -0.3 is 10.6 Å². The summed E-state index contributed by atoms with van der Waals surface area (Å²) in [5.74, 6) is 0.656. The minimum Gasteiger partial charge on any atom is -0.382 e. The van der Waals surface area contributed by atoms with Gasteiger partial charge >= 0.3 is 0 Å². The van der Waals surface area contributed by atoms with Crippen molar-refractivity contribution in [2.45, 2.75) is 6.43 Å². The molecule has 0 amide bonds. The molecule has 1 rings (SSSR count). The first-order chi connectivity index (χ1) is 6.09. The van der Waals surface area contributed by atoms with E-state index in [1.807, 2.05) is 0 Å². The van der Waals surface area contributed by atoms with Crippen LogP contribution in [0.1, 0.15) is 0 Å². The van der Waals surface area contributed by atoms with Gasteiger partial charge in [0.05, 0.1) is 18.9 Å². The van der Waals surface area contributed by atoms with E-state index < -0.39 is 6.43 Å². The van der Waals surface area contributed by atoms with Crippen LogP contribution >= 0.6 is 0 Å². The molecule has 0 radical (unpaired) electrons. The van der Waals surface area contributed by atoms with Crippen LogP contribution in [-0.4, -0.2) is 30.0 Å². The van der Waals surface area contributed by atoms with Crippen LogP contribution in [0.2, 0.25) is 0 Å². The number of anilines is 2. The molecular weight excluding hydrogens is 178 g/mol. The van der Waals surface area contributed by atoms with Crippen LogP contribution in [0.25, 0.3) is 0 Å². The van der Waals surface area contributed by atoms with Crippen LogP contribution in [0.4, 0.5) is 20.4 Å². The van der Waals surface area contributed by atoms with E-state index >= 15 is 0 Å². The van der Waals surface area contributed by atoms with Gasteiger partial charge in [0.2, 0.25) is 0 Å². The van der Waals surface area contributed by atoms with Gasteiger partial charge in [-0.1, -0.05) is 0 Å². The third kappa shape index (κ3) is 2.81. The number of hydrogen-bond acceptors (Lipinski definition) is 4. The van der Waals surface area contributed by atoms with Gasteiger partial charge in [-0.3, -0.25) is 0 Å². The highest BCUT2D eigenvalue weighted by Crippen LogP contribution is 2.08. The van der Waals surface area contributed by atoms with Gasteiger partial charge in [-0.15, -0.1) is 0 Å². The zero-order valence-electron chi connectivity index (χ0n) is 7.11. The Kier molecular flexibility index (Phi) is 2.94. The fourth-order valence-electron chi connectivity index (χ4n) is 0.829. The minimum absolute atomic E-state index is 0.272. The van der Waals surface area contributed by atoms with Crippen molar-refractivity contribution in [3.05, 3.63) is 12.4 Å². The largest absolute Gasteiger partial charge is 0.382 e. The monoisotopic (exact) mass is 188 g/mol. The molecule has 0 saturated heterocycles. The van der Waals surface area contributed by atoms with Crippen molar-refractivity contribution in [3.8, 4) is 0 Å². The summed E-state index contributed by atoms with van der Waals surface area (Å²) in [5, 5.41) is 0. The summed E-state index contributed by atoms with van der Waals surface area (Å²) in [6.45, 7) is -0.363. The number of nitrogens with zero attached hydrogens (tertiary/aromatic N) is 3. The predicted molar refractivity (Wildman–Crippen MR) is 45.7 cm³/mol. The van der Waals surface area contributed by atoms with Gasteiger partial charge in [-0.25, -0.2) is 18.7 Å². The second-order valence-corrected chi connectivity index (χ2v) is 2.57. The fourth-order valence-corrected chi connectivity index (χ4v) is 0.829. The minimum atomic E-state index is -2.38. The average molecular weight is 188 g/mol. The van der Waals surface area contributed by atoms with E-state index in [9.17, 15) is 8.78 Å². The topological polar surface area (TPSA) is 55.0 Å². The highest BCUT2D eigenvalue weighted by atomic mass is 19.3. The molecule has 2 N–H and O–H groups in total. The summed E-state index contributed by atoms with van der Waals surface area (Å²) in [6.07, 6.45) is 0.305. The highest BCUT2D eigenvalue weighted by Gasteiger charge is 2.09. The molecule has 72 valence electrons. The molecule has 0 spiro atoms. The van der Waals surface area contributed by atoms with Crippen molar-refractivity contribution in [2.75, 3.05) is 24.2 Å². The van der Waals surface area contributed by atoms with Gasteiger partial charge in [0.25, 0.3) is 6.43 Å². The smallest absolute Gasteiger partial charge is 0.255 e. The van der Waals surface area contributed by atoms with Crippen LogP contribution < -0.4 is 10.6 Å². The molecule has 0 bridgehead atoms. The number of halogens is 2. The van der Waals surface area contributed by atoms with E-state index in [1.165, 1.54) is 24.3 Å². The molecule has 1 aromatic rings. The normalized spacial score (nSPS) is 10.5. The first-order valence-corrected chi connectivity index (χ1v) is 3.66. The Hall–Kier alpha value is -1.46. The standard InChI is InChI=1S/C7H10F2N4/c1-13(4-5(8)9)7-3-11-6(10)2-12-7/h2-3,5H,4H2,1H3,(H2,10,11). The predicted octanol–water partition coefficient (Wildman–Crippen LogP) is 0.760. The Balaban J connectivity index is 2.66. The lowest BCUT2D eigenvalue weighted by atomic mass is 10.5. The van der Waals surface area contributed by atoms with Crippen LogP contribution in [0, 0.1) is 0 Å². The van der Waals surface area contributed by atoms with Crippen molar-refractivity contribution in [2.24, 2.45) is 0 Å². The Bertz CT molecular complexity index is 262. The second-order valence-electron chi connectivity index (χ2n) is 2.57. The third-order valence-electron chi connectivity index (χ3n) is 1.46. The summed E-state index contributed by atoms with van der Waals surface area (Å²) in [7, 11) is 1.52. The Morgan fingerprint density at radius 2 is 2.15 bits per heavy atom. The van der Waals surface area contributed by atoms with E-state index in [0.717, 1.165) is 0 Å². The number of nitrogens with two attached hydrogens (primary N) is 1. The number of alkyl halides is 2. The molecule has 1 aromatic heterocycles. The molecule has 0 saturated carbocycles. The van der Waals surface area contributed by atoms with Gasteiger partial charge in [0.1, 0.15) is 11.6 Å². The molecule has 0 aliphatic rings. The number of nitrogen functional groups attached to an aromatic ring is 1. The molecule has 6 heteroatoms. The van der Waals surface area contributed by atoms with E-state index in [4.69, 9.17) is 5.73 Å². The second kappa shape index (κ2) is 3.97. The zero-order valence-corrected chi connectivity index (χ0v) is 7.11. The van der Waals surface area contributed by atoms with Gasteiger partial charge in [-0.05, 0) is 0 Å². The van der Waals surface area contributed by atoms with E-state index in [1.54, 1.807) is 0 Å². The van der Waals surface area contributed by atoms with Crippen LogP contribution in [0.3, 0.4) is 0 Å². The molecule has 0 atom stereocenters. The molecule has 0 fully saturated rings. The maximum Gasteiger partial charge on any atom is 0.255 e. The fraction of sp³-hybridized carbons (Fsp3) is 0.429. The molecule has 0 aromatic carbocycles. The van der Waals surface area contributed by atoms with Crippen molar-refractivity contribution >= 4 is 11.6 Å². The SMILES string of the molecule is CN(CC(F)F)c1cnc(N)cn1. The van der Waals surface area contributed by atoms with Crippen molar-refractivity contribution in [1.29, 1.82) is 0 Å². The van der Waals surface area contributed by atoms with Crippen molar-refractivity contribution in [3.63, 3.8) is 0 Å². The highest BCUT2D eigenvalue weighted by molar-refractivity contribution is 5.38. The van der Waals surface area contributed by atoms with Crippen LogP contribution in [-0.2, 0) is 0 Å². The lowest BCUT2D eigenvalue weighted by Crippen LogP contribution is -2.25. The van der Waals surface area contributed by atoms with E-state index in [0.29, 0.717) is 5.82 Å². The summed E-state index contributed by atoms with van der Waals surface area (Å²) in [4.78, 5) is 8.89. The number of rotatable bonds is 3. The molecule has 0 unspecified atom stereocenters. The Labute approximate surface area is 74.4 Å². The maximum atomic E-state index is 11.9. The maximum absolute atomic E-state index is 11.9. The Morgan fingerprint density at radius 1 is 1.46 bits per heavy atom. The van der Waals surface area contributed by atoms with Crippen molar-refractivity contribution < 1.29 is 8.78 Å². The van der Waals surface area contributed by atoms with Gasteiger partial charge in [0, 0.05) is 7.05 Å². The lowest BCUT2D eigenvalue weighted by Gasteiger charge is -2.16. The van der Waals surface area contributed by atoms with Crippen LogP contribution in [0.15, 0.2) is 12.4 Å². The van der Waals surface area contributed by atoms with E-state index in [-0.39, 0.29) is 12.4 Å². The summed E-state index contributed by atoms with van der Waals surface area (Å²) >= 11 is 0. The number of aromatic nitrogens is 2. The number of hydrogen-bond donors (Lipinski definition) is 1. The van der Waals surface area contributed by atoms with Gasteiger partial charge in [0.15, 0.2) is 0 Å². The summed E-state index contributed by atoms with van der Waals surface area (Å²) in [5.41, 5.74) is 5.29. The average Bonchev–Trinajstić information content (AvgIpc) is 2.04. The molecule has 0 aliphatic carbocycles. The summed E-state index contributed by atoms with van der Waals surface area (Å²) < 4.78 is 23.9. The molecule has 0 aliphatic heterocycles. The van der Waals surface area contributed by atoms with Crippen LogP contribution in [0.5, 0.6) is 0 Å². The third-order valence-corrected chi connectivity index (χ3v) is 1.46. The zero-order chi connectivity index (χ0) is 9.84.